The smallest absolute Gasteiger partial charge is 0.430 e. The van der Waals surface area contributed by atoms with Gasteiger partial charge < -0.3 is 19.0 Å². The molecule has 9 nitrogen and oxygen atoms in total. The van der Waals surface area contributed by atoms with E-state index in [2.05, 4.69) is 14.3 Å². The van der Waals surface area contributed by atoms with E-state index < -0.39 is 47.8 Å². The Morgan fingerprint density at radius 1 is 1.34 bits per heavy atom. The Balaban J connectivity index is 2.37. The summed E-state index contributed by atoms with van der Waals surface area (Å²) in [5.74, 6) is -2.71. The molecule has 29 heavy (non-hydrogen) atoms. The van der Waals surface area contributed by atoms with Crippen LogP contribution in [0.3, 0.4) is 0 Å². The highest BCUT2D eigenvalue weighted by molar-refractivity contribution is 6.30. The number of alkyl halides is 3. The van der Waals surface area contributed by atoms with Crippen molar-refractivity contribution < 1.29 is 46.9 Å². The normalized spacial score (nSPS) is 16.6. The van der Waals surface area contributed by atoms with Crippen LogP contribution in [0.1, 0.15) is 18.1 Å². The molecule has 1 heterocycles. The standard InChI is InChI=1S/C16H13ClF3NO8/c1-7-3-10(17)4-9-5-11(14(16(18,19)20)29-13(7)9)15(23)28-12(27-8(2)22)6-26-21(24)25/h3-5,12,14H,6H2,1-2H3. The largest absolute Gasteiger partial charge is 0.475 e. The van der Waals surface area contributed by atoms with Crippen LogP contribution in [-0.2, 0) is 23.9 Å². The first kappa shape index (κ1) is 22.3. The summed E-state index contributed by atoms with van der Waals surface area (Å²) in [7, 11) is 0. The monoisotopic (exact) mass is 439 g/mol. The van der Waals surface area contributed by atoms with Crippen LogP contribution in [0.4, 0.5) is 13.2 Å². The molecule has 13 heteroatoms. The van der Waals surface area contributed by atoms with Crippen molar-refractivity contribution in [1.29, 1.82) is 0 Å². The average molecular weight is 440 g/mol. The van der Waals surface area contributed by atoms with Crippen molar-refractivity contribution in [3.05, 3.63) is 44.0 Å². The molecular weight excluding hydrogens is 427 g/mol. The van der Waals surface area contributed by atoms with Crippen LogP contribution in [0.5, 0.6) is 5.75 Å². The van der Waals surface area contributed by atoms with Crippen molar-refractivity contribution in [2.45, 2.75) is 32.4 Å². The molecule has 0 radical (unpaired) electrons. The summed E-state index contributed by atoms with van der Waals surface area (Å²) < 4.78 is 54.5. The highest BCUT2D eigenvalue weighted by atomic mass is 35.5. The summed E-state index contributed by atoms with van der Waals surface area (Å²) in [6.45, 7) is 1.33. The zero-order valence-electron chi connectivity index (χ0n) is 14.8. The lowest BCUT2D eigenvalue weighted by molar-refractivity contribution is -0.760. The number of halogens is 4. The lowest BCUT2D eigenvalue weighted by Crippen LogP contribution is -2.42. The van der Waals surface area contributed by atoms with Gasteiger partial charge in [-0.05, 0) is 30.7 Å². The summed E-state index contributed by atoms with van der Waals surface area (Å²) >= 11 is 5.89. The third kappa shape index (κ3) is 5.73. The number of hydrogen-bond acceptors (Lipinski definition) is 8. The minimum atomic E-state index is -5.00. The fourth-order valence-corrected chi connectivity index (χ4v) is 2.73. The summed E-state index contributed by atoms with van der Waals surface area (Å²) in [4.78, 5) is 37.6. The minimum absolute atomic E-state index is 0.0908. The number of ether oxygens (including phenoxy) is 3. The van der Waals surface area contributed by atoms with Crippen molar-refractivity contribution >= 4 is 29.6 Å². The van der Waals surface area contributed by atoms with Crippen LogP contribution in [0.15, 0.2) is 17.7 Å². The van der Waals surface area contributed by atoms with E-state index >= 15 is 0 Å². The lowest BCUT2D eigenvalue weighted by Gasteiger charge is -2.29. The maximum atomic E-state index is 13.5. The predicted octanol–water partition coefficient (Wildman–Crippen LogP) is 3.00. The quantitative estimate of drug-likeness (QED) is 0.287. The van der Waals surface area contributed by atoms with Gasteiger partial charge in [-0.25, -0.2) is 4.79 Å². The first-order valence-electron chi connectivity index (χ1n) is 7.79. The molecule has 0 fully saturated rings. The Morgan fingerprint density at radius 2 is 2.00 bits per heavy atom. The van der Waals surface area contributed by atoms with Gasteiger partial charge in [-0.1, -0.05) is 11.6 Å². The highest BCUT2D eigenvalue weighted by Crippen LogP contribution is 2.40. The van der Waals surface area contributed by atoms with Gasteiger partial charge in [-0.2, -0.15) is 13.2 Å². The average Bonchev–Trinajstić information content (AvgIpc) is 2.57. The Kier molecular flexibility index (Phi) is 6.57. The summed E-state index contributed by atoms with van der Waals surface area (Å²) in [5, 5.41) is 9.21. The first-order valence-corrected chi connectivity index (χ1v) is 8.17. The molecule has 0 bridgehead atoms. The number of nitrogens with zero attached hydrogens (tertiary/aromatic N) is 1. The Morgan fingerprint density at radius 3 is 2.55 bits per heavy atom. The predicted molar refractivity (Wildman–Crippen MR) is 89.2 cm³/mol. The van der Waals surface area contributed by atoms with Gasteiger partial charge in [-0.3, -0.25) is 4.79 Å². The van der Waals surface area contributed by atoms with E-state index in [9.17, 15) is 32.9 Å². The van der Waals surface area contributed by atoms with E-state index in [-0.39, 0.29) is 16.3 Å². The van der Waals surface area contributed by atoms with Gasteiger partial charge in [0.1, 0.15) is 5.75 Å². The summed E-state index contributed by atoms with van der Waals surface area (Å²) in [5.41, 5.74) is -0.569. The Labute approximate surface area is 166 Å². The zero-order chi connectivity index (χ0) is 21.9. The maximum absolute atomic E-state index is 13.5. The number of hydrogen-bond donors (Lipinski definition) is 0. The van der Waals surface area contributed by atoms with Gasteiger partial charge in [0.15, 0.2) is 6.61 Å². The van der Waals surface area contributed by atoms with E-state index in [1.54, 1.807) is 0 Å². The Bertz CT molecular complexity index is 870. The van der Waals surface area contributed by atoms with Crippen molar-refractivity contribution in [3.63, 3.8) is 0 Å². The van der Waals surface area contributed by atoms with E-state index in [4.69, 9.17) is 16.3 Å². The number of carbonyl (C=O) groups excluding carboxylic acids is 2. The molecule has 0 aliphatic carbocycles. The van der Waals surface area contributed by atoms with Gasteiger partial charge >= 0.3 is 18.1 Å². The van der Waals surface area contributed by atoms with E-state index in [0.717, 1.165) is 13.0 Å². The van der Waals surface area contributed by atoms with Crippen LogP contribution in [0, 0.1) is 17.0 Å². The Hall–Kier alpha value is -3.02. The first-order chi connectivity index (χ1) is 13.4. The second-order valence-corrected chi connectivity index (χ2v) is 6.18. The highest BCUT2D eigenvalue weighted by Gasteiger charge is 2.49. The molecule has 2 rings (SSSR count). The molecule has 1 aliphatic heterocycles. The molecule has 1 aromatic carbocycles. The molecule has 0 spiro atoms. The number of rotatable bonds is 6. The maximum Gasteiger partial charge on any atom is 0.430 e. The number of benzene rings is 1. The molecule has 158 valence electrons. The van der Waals surface area contributed by atoms with Crippen LogP contribution in [0.2, 0.25) is 5.02 Å². The second-order valence-electron chi connectivity index (χ2n) is 5.74. The van der Waals surface area contributed by atoms with Crippen LogP contribution >= 0.6 is 11.6 Å². The molecule has 1 aliphatic rings. The minimum Gasteiger partial charge on any atom is -0.475 e. The third-order valence-electron chi connectivity index (χ3n) is 3.48. The van der Waals surface area contributed by atoms with Crippen LogP contribution in [0.25, 0.3) is 6.08 Å². The van der Waals surface area contributed by atoms with E-state index in [1.807, 2.05) is 0 Å². The number of carbonyl (C=O) groups is 2. The fourth-order valence-electron chi connectivity index (χ4n) is 2.44. The number of aryl methyl sites for hydroxylation is 1. The molecule has 0 saturated carbocycles. The summed E-state index contributed by atoms with van der Waals surface area (Å²) in [6.07, 6.45) is -8.76. The van der Waals surface area contributed by atoms with Crippen molar-refractivity contribution in [1.82, 2.24) is 0 Å². The zero-order valence-corrected chi connectivity index (χ0v) is 15.6. The topological polar surface area (TPSA) is 114 Å². The molecule has 0 N–H and O–H groups in total. The third-order valence-corrected chi connectivity index (χ3v) is 3.70. The van der Waals surface area contributed by atoms with E-state index in [0.29, 0.717) is 5.56 Å². The van der Waals surface area contributed by atoms with Gasteiger partial charge in [0, 0.05) is 17.5 Å². The van der Waals surface area contributed by atoms with Gasteiger partial charge in [0.25, 0.3) is 11.4 Å². The molecule has 0 amide bonds. The van der Waals surface area contributed by atoms with Crippen molar-refractivity contribution in [3.8, 4) is 5.75 Å². The van der Waals surface area contributed by atoms with E-state index in [1.165, 1.54) is 19.1 Å². The van der Waals surface area contributed by atoms with Gasteiger partial charge in [0.2, 0.25) is 6.10 Å². The van der Waals surface area contributed by atoms with Crippen molar-refractivity contribution in [2.24, 2.45) is 0 Å². The van der Waals surface area contributed by atoms with Gasteiger partial charge in [-0.15, -0.1) is 10.1 Å². The summed E-state index contributed by atoms with van der Waals surface area (Å²) in [6, 6.07) is 2.67. The number of fused-ring (bicyclic) bond motifs is 1. The molecule has 0 aromatic heterocycles. The second kappa shape index (κ2) is 8.55. The van der Waals surface area contributed by atoms with Crippen LogP contribution < -0.4 is 4.74 Å². The molecular formula is C16H13ClF3NO8. The van der Waals surface area contributed by atoms with Crippen molar-refractivity contribution in [2.75, 3.05) is 6.61 Å². The molecule has 2 unspecified atom stereocenters. The molecule has 1 aromatic rings. The SMILES string of the molecule is CC(=O)OC(CO[N+](=O)[O-])OC(=O)C1=Cc2cc(Cl)cc(C)c2OC1C(F)(F)F. The molecule has 2 atom stereocenters. The lowest BCUT2D eigenvalue weighted by atomic mass is 9.99. The van der Waals surface area contributed by atoms with Crippen LogP contribution in [-0.4, -0.2) is 42.2 Å². The fraction of sp³-hybridized carbons (Fsp3) is 0.375. The van der Waals surface area contributed by atoms with Gasteiger partial charge in [0.05, 0.1) is 5.57 Å². The number of esters is 2. The molecule has 0 saturated heterocycles.